The molecule has 6 heteroatoms. The first-order valence-corrected chi connectivity index (χ1v) is 7.44. The van der Waals surface area contributed by atoms with Crippen LogP contribution in [0.5, 0.6) is 0 Å². The number of piperidine rings is 1. The third-order valence-electron chi connectivity index (χ3n) is 3.85. The van der Waals surface area contributed by atoms with Crippen molar-refractivity contribution in [2.24, 2.45) is 5.92 Å². The van der Waals surface area contributed by atoms with Crippen LogP contribution in [0.15, 0.2) is 0 Å². The molecule has 0 bridgehead atoms. The fraction of sp³-hybridized carbons (Fsp3) is 0.857. The van der Waals surface area contributed by atoms with Crippen LogP contribution in [0.2, 0.25) is 0 Å². The summed E-state index contributed by atoms with van der Waals surface area (Å²) in [6, 6.07) is 0. The molecule has 0 N–H and O–H groups in total. The Balaban J connectivity index is 1.91. The molecular weight excluding hydrogens is 260 g/mol. The maximum atomic E-state index is 12.5. The van der Waals surface area contributed by atoms with Crippen molar-refractivity contribution in [1.29, 1.82) is 0 Å². The molecule has 0 saturated carbocycles. The minimum Gasteiger partial charge on any atom is -0.450 e. The van der Waals surface area contributed by atoms with Gasteiger partial charge >= 0.3 is 6.09 Å². The topological polar surface area (TPSA) is 59.1 Å². The van der Waals surface area contributed by atoms with E-state index in [1.165, 1.54) is 0 Å². The molecule has 2 heterocycles. The lowest BCUT2D eigenvalue weighted by Gasteiger charge is -2.37. The van der Waals surface area contributed by atoms with Crippen LogP contribution in [-0.2, 0) is 14.3 Å². The second kappa shape index (κ2) is 6.92. The van der Waals surface area contributed by atoms with Gasteiger partial charge in [-0.2, -0.15) is 0 Å². The van der Waals surface area contributed by atoms with E-state index >= 15 is 0 Å². The van der Waals surface area contributed by atoms with Gasteiger partial charge in [0, 0.05) is 26.2 Å². The SMILES string of the molecule is CCOC(=O)N1CCCC(C(=O)N2CCOC(C)C2)C1. The molecule has 2 amide bonds. The fourth-order valence-corrected chi connectivity index (χ4v) is 2.84. The van der Waals surface area contributed by atoms with Gasteiger partial charge in [-0.15, -0.1) is 0 Å². The van der Waals surface area contributed by atoms with Crippen LogP contribution >= 0.6 is 0 Å². The largest absolute Gasteiger partial charge is 0.450 e. The molecule has 114 valence electrons. The Labute approximate surface area is 120 Å². The standard InChI is InChI=1S/C14H24N2O4/c1-3-19-14(18)16-6-4-5-12(10-16)13(17)15-7-8-20-11(2)9-15/h11-12H,3-10H2,1-2H3. The Kier molecular flexibility index (Phi) is 5.23. The first kappa shape index (κ1) is 15.1. The van der Waals surface area contributed by atoms with Crippen molar-refractivity contribution in [3.05, 3.63) is 0 Å². The molecule has 2 fully saturated rings. The third-order valence-corrected chi connectivity index (χ3v) is 3.85. The number of ether oxygens (including phenoxy) is 2. The van der Waals surface area contributed by atoms with Crippen LogP contribution < -0.4 is 0 Å². The molecule has 2 aliphatic rings. The number of carbonyl (C=O) groups excluding carboxylic acids is 2. The normalized spacial score (nSPS) is 27.3. The third kappa shape index (κ3) is 3.62. The number of rotatable bonds is 2. The zero-order valence-electron chi connectivity index (χ0n) is 12.3. The molecule has 2 rings (SSSR count). The van der Waals surface area contributed by atoms with Gasteiger partial charge in [0.1, 0.15) is 0 Å². The van der Waals surface area contributed by atoms with Crippen LogP contribution in [0.1, 0.15) is 26.7 Å². The van der Waals surface area contributed by atoms with Gasteiger partial charge in [-0.05, 0) is 26.7 Å². The van der Waals surface area contributed by atoms with Gasteiger partial charge < -0.3 is 19.3 Å². The van der Waals surface area contributed by atoms with E-state index in [1.807, 2.05) is 11.8 Å². The predicted octanol–water partition coefficient (Wildman–Crippen LogP) is 1.10. The van der Waals surface area contributed by atoms with Gasteiger partial charge in [0.15, 0.2) is 0 Å². The maximum absolute atomic E-state index is 12.5. The second-order valence-electron chi connectivity index (χ2n) is 5.45. The molecule has 0 aromatic rings. The lowest BCUT2D eigenvalue weighted by atomic mass is 9.96. The lowest BCUT2D eigenvalue weighted by Crippen LogP contribution is -2.51. The molecule has 2 atom stereocenters. The first-order valence-electron chi connectivity index (χ1n) is 7.44. The number of morpholine rings is 1. The number of likely N-dealkylation sites (tertiary alicyclic amines) is 1. The van der Waals surface area contributed by atoms with Gasteiger partial charge in [0.25, 0.3) is 0 Å². The summed E-state index contributed by atoms with van der Waals surface area (Å²) in [6.45, 7) is 7.19. The predicted molar refractivity (Wildman–Crippen MR) is 73.3 cm³/mol. The minimum absolute atomic E-state index is 0.0949. The van der Waals surface area contributed by atoms with E-state index in [-0.39, 0.29) is 24.0 Å². The van der Waals surface area contributed by atoms with E-state index in [2.05, 4.69) is 0 Å². The van der Waals surface area contributed by atoms with E-state index in [9.17, 15) is 9.59 Å². The number of hydrogen-bond donors (Lipinski definition) is 0. The van der Waals surface area contributed by atoms with E-state index in [4.69, 9.17) is 9.47 Å². The Bertz CT molecular complexity index is 361. The summed E-state index contributed by atoms with van der Waals surface area (Å²) in [5.74, 6) is 0.0487. The molecule has 0 aromatic heterocycles. The summed E-state index contributed by atoms with van der Waals surface area (Å²) < 4.78 is 10.5. The molecule has 0 aliphatic carbocycles. The minimum atomic E-state index is -0.305. The second-order valence-corrected chi connectivity index (χ2v) is 5.45. The molecule has 0 aromatic carbocycles. The molecule has 0 radical (unpaired) electrons. The van der Waals surface area contributed by atoms with E-state index < -0.39 is 0 Å². The molecule has 2 aliphatic heterocycles. The van der Waals surface area contributed by atoms with Crippen molar-refractivity contribution in [1.82, 2.24) is 9.80 Å². The van der Waals surface area contributed by atoms with Crippen molar-refractivity contribution >= 4 is 12.0 Å². The molecule has 2 unspecified atom stereocenters. The molecule has 20 heavy (non-hydrogen) atoms. The van der Waals surface area contributed by atoms with Gasteiger partial charge in [-0.3, -0.25) is 4.79 Å². The Morgan fingerprint density at radius 1 is 1.25 bits per heavy atom. The van der Waals surface area contributed by atoms with Crippen LogP contribution in [0.25, 0.3) is 0 Å². The number of nitrogens with zero attached hydrogens (tertiary/aromatic N) is 2. The average molecular weight is 284 g/mol. The Morgan fingerprint density at radius 2 is 2.05 bits per heavy atom. The van der Waals surface area contributed by atoms with E-state index in [0.717, 1.165) is 12.8 Å². The average Bonchev–Trinajstić information content (AvgIpc) is 2.47. The highest BCUT2D eigenvalue weighted by Gasteiger charge is 2.33. The van der Waals surface area contributed by atoms with Crippen LogP contribution in [-0.4, -0.2) is 67.3 Å². The quantitative estimate of drug-likeness (QED) is 0.762. The van der Waals surface area contributed by atoms with Gasteiger partial charge in [0.05, 0.1) is 25.2 Å². The van der Waals surface area contributed by atoms with E-state index in [1.54, 1.807) is 11.8 Å². The fourth-order valence-electron chi connectivity index (χ4n) is 2.84. The van der Waals surface area contributed by atoms with Crippen molar-refractivity contribution in [2.75, 3.05) is 39.4 Å². The number of hydrogen-bond acceptors (Lipinski definition) is 4. The Hall–Kier alpha value is -1.30. The highest BCUT2D eigenvalue weighted by molar-refractivity contribution is 5.80. The Morgan fingerprint density at radius 3 is 2.75 bits per heavy atom. The summed E-state index contributed by atoms with van der Waals surface area (Å²) in [5, 5.41) is 0. The van der Waals surface area contributed by atoms with Crippen molar-refractivity contribution in [2.45, 2.75) is 32.8 Å². The molecular formula is C14H24N2O4. The van der Waals surface area contributed by atoms with Crippen LogP contribution in [0.3, 0.4) is 0 Å². The van der Waals surface area contributed by atoms with Crippen LogP contribution in [0, 0.1) is 5.92 Å². The van der Waals surface area contributed by atoms with Crippen molar-refractivity contribution in [3.63, 3.8) is 0 Å². The highest BCUT2D eigenvalue weighted by atomic mass is 16.6. The summed E-state index contributed by atoms with van der Waals surface area (Å²) in [5.41, 5.74) is 0. The maximum Gasteiger partial charge on any atom is 0.409 e. The molecule has 6 nitrogen and oxygen atoms in total. The van der Waals surface area contributed by atoms with Gasteiger partial charge in [-0.1, -0.05) is 0 Å². The summed E-state index contributed by atoms with van der Waals surface area (Å²) in [6.07, 6.45) is 1.49. The summed E-state index contributed by atoms with van der Waals surface area (Å²) >= 11 is 0. The molecule has 0 spiro atoms. The summed E-state index contributed by atoms with van der Waals surface area (Å²) in [7, 11) is 0. The van der Waals surface area contributed by atoms with Gasteiger partial charge in [0.2, 0.25) is 5.91 Å². The smallest absolute Gasteiger partial charge is 0.409 e. The summed E-state index contributed by atoms with van der Waals surface area (Å²) in [4.78, 5) is 27.8. The zero-order valence-corrected chi connectivity index (χ0v) is 12.3. The number of amides is 2. The lowest BCUT2D eigenvalue weighted by molar-refractivity contribution is -0.144. The van der Waals surface area contributed by atoms with Crippen molar-refractivity contribution < 1.29 is 19.1 Å². The first-order chi connectivity index (χ1) is 9.61. The number of carbonyl (C=O) groups is 2. The molecule has 2 saturated heterocycles. The zero-order chi connectivity index (χ0) is 14.5. The van der Waals surface area contributed by atoms with Crippen LogP contribution in [0.4, 0.5) is 4.79 Å². The van der Waals surface area contributed by atoms with E-state index in [0.29, 0.717) is 39.4 Å². The van der Waals surface area contributed by atoms with Crippen molar-refractivity contribution in [3.8, 4) is 0 Å². The highest BCUT2D eigenvalue weighted by Crippen LogP contribution is 2.20. The monoisotopic (exact) mass is 284 g/mol. The van der Waals surface area contributed by atoms with Gasteiger partial charge in [-0.25, -0.2) is 4.79 Å².